The Balaban J connectivity index is 2.14. The molecule has 3 heteroatoms. The summed E-state index contributed by atoms with van der Waals surface area (Å²) in [4.78, 5) is 12.1. The van der Waals surface area contributed by atoms with Gasteiger partial charge in [-0.2, -0.15) is 0 Å². The third-order valence-corrected chi connectivity index (χ3v) is 3.47. The fraction of sp³-hybridized carbons (Fsp3) is 0.211. The first-order valence-corrected chi connectivity index (χ1v) is 7.31. The molecular formula is C19H20FNO. The lowest BCUT2D eigenvalue weighted by Gasteiger charge is -2.15. The summed E-state index contributed by atoms with van der Waals surface area (Å²) < 4.78 is 12.8. The normalized spacial score (nSPS) is 11.1. The number of para-hydroxylation sites is 1. The molecule has 2 aromatic rings. The lowest BCUT2D eigenvalue weighted by molar-refractivity contribution is -0.111. The molecule has 0 aromatic heterocycles. The molecule has 0 radical (unpaired) electrons. The molecule has 114 valence electrons. The molecule has 0 unspecified atom stereocenters. The van der Waals surface area contributed by atoms with E-state index in [0.717, 1.165) is 22.4 Å². The first kappa shape index (κ1) is 16.0. The fourth-order valence-corrected chi connectivity index (χ4v) is 2.25. The number of hydrogen-bond acceptors (Lipinski definition) is 1. The topological polar surface area (TPSA) is 29.1 Å². The van der Waals surface area contributed by atoms with Gasteiger partial charge >= 0.3 is 0 Å². The van der Waals surface area contributed by atoms with Crippen molar-refractivity contribution in [3.8, 4) is 0 Å². The zero-order valence-electron chi connectivity index (χ0n) is 13.1. The van der Waals surface area contributed by atoms with Crippen molar-refractivity contribution in [3.05, 3.63) is 71.0 Å². The summed E-state index contributed by atoms with van der Waals surface area (Å²) in [6, 6.07) is 12.0. The number of nitrogens with one attached hydrogen (secondary N) is 1. The van der Waals surface area contributed by atoms with E-state index in [4.69, 9.17) is 0 Å². The first-order valence-electron chi connectivity index (χ1n) is 7.31. The predicted molar refractivity (Wildman–Crippen MR) is 89.3 cm³/mol. The molecule has 0 atom stereocenters. The maximum Gasteiger partial charge on any atom is 0.248 e. The molecule has 1 N–H and O–H groups in total. The zero-order valence-corrected chi connectivity index (χ0v) is 13.1. The number of carbonyl (C=O) groups excluding carboxylic acids is 1. The Morgan fingerprint density at radius 1 is 1.14 bits per heavy atom. The van der Waals surface area contributed by atoms with Crippen molar-refractivity contribution >= 4 is 17.7 Å². The highest BCUT2D eigenvalue weighted by Crippen LogP contribution is 2.27. The second-order valence-electron chi connectivity index (χ2n) is 5.57. The molecule has 1 amide bonds. The quantitative estimate of drug-likeness (QED) is 0.798. The predicted octanol–water partition coefficient (Wildman–Crippen LogP) is 4.91. The van der Waals surface area contributed by atoms with Crippen molar-refractivity contribution in [2.24, 2.45) is 0 Å². The number of rotatable bonds is 4. The highest BCUT2D eigenvalue weighted by molar-refractivity contribution is 6.02. The second-order valence-corrected chi connectivity index (χ2v) is 5.57. The van der Waals surface area contributed by atoms with Crippen LogP contribution in [0, 0.1) is 12.7 Å². The van der Waals surface area contributed by atoms with E-state index >= 15 is 0 Å². The molecule has 2 rings (SSSR count). The molecule has 2 aromatic carbocycles. The first-order chi connectivity index (χ1) is 10.5. The van der Waals surface area contributed by atoms with E-state index in [1.807, 2.05) is 25.1 Å². The van der Waals surface area contributed by atoms with Gasteiger partial charge < -0.3 is 5.32 Å². The molecule has 0 saturated heterocycles. The molecule has 0 spiro atoms. The summed E-state index contributed by atoms with van der Waals surface area (Å²) in [7, 11) is 0. The van der Waals surface area contributed by atoms with Crippen LogP contribution in [-0.4, -0.2) is 5.91 Å². The van der Waals surface area contributed by atoms with Crippen molar-refractivity contribution in [2.75, 3.05) is 5.32 Å². The average molecular weight is 297 g/mol. The summed E-state index contributed by atoms with van der Waals surface area (Å²) in [5, 5.41) is 2.94. The van der Waals surface area contributed by atoms with Gasteiger partial charge in [-0.3, -0.25) is 4.79 Å². The Kier molecular flexibility index (Phi) is 5.10. The minimum absolute atomic E-state index is 0.194. The third kappa shape index (κ3) is 4.04. The summed E-state index contributed by atoms with van der Waals surface area (Å²) in [5.41, 5.74) is 3.80. The Morgan fingerprint density at radius 3 is 2.45 bits per heavy atom. The van der Waals surface area contributed by atoms with Gasteiger partial charge in [-0.1, -0.05) is 44.2 Å². The van der Waals surface area contributed by atoms with Crippen molar-refractivity contribution in [2.45, 2.75) is 26.7 Å². The second kappa shape index (κ2) is 7.03. The lowest BCUT2D eigenvalue weighted by atomic mass is 9.98. The van der Waals surface area contributed by atoms with Crippen molar-refractivity contribution < 1.29 is 9.18 Å². The van der Waals surface area contributed by atoms with Crippen LogP contribution < -0.4 is 5.32 Å². The van der Waals surface area contributed by atoms with Gasteiger partial charge in [0.1, 0.15) is 5.82 Å². The van der Waals surface area contributed by atoms with E-state index in [9.17, 15) is 9.18 Å². The van der Waals surface area contributed by atoms with Gasteiger partial charge in [-0.25, -0.2) is 4.39 Å². The van der Waals surface area contributed by atoms with E-state index in [1.54, 1.807) is 18.2 Å². The monoisotopic (exact) mass is 297 g/mol. The molecule has 0 fully saturated rings. The Labute approximate surface area is 130 Å². The van der Waals surface area contributed by atoms with Gasteiger partial charge in [0, 0.05) is 11.8 Å². The highest BCUT2D eigenvalue weighted by atomic mass is 19.1. The van der Waals surface area contributed by atoms with E-state index < -0.39 is 0 Å². The Bertz CT molecular complexity index is 687. The number of amides is 1. The van der Waals surface area contributed by atoms with Gasteiger partial charge in [0.25, 0.3) is 0 Å². The molecule has 0 aliphatic heterocycles. The van der Waals surface area contributed by atoms with Crippen LogP contribution in [0.4, 0.5) is 10.1 Å². The molecule has 0 heterocycles. The molecule has 0 saturated carbocycles. The molecular weight excluding hydrogens is 277 g/mol. The van der Waals surface area contributed by atoms with Crippen LogP contribution in [0.1, 0.15) is 36.5 Å². The van der Waals surface area contributed by atoms with Crippen LogP contribution in [0.2, 0.25) is 0 Å². The maximum absolute atomic E-state index is 12.8. The SMILES string of the molecule is Cc1cccc(C(C)C)c1NC(=O)C=Cc1ccc(F)cc1. The number of halogens is 1. The van der Waals surface area contributed by atoms with Gasteiger partial charge in [0.15, 0.2) is 0 Å². The van der Waals surface area contributed by atoms with Crippen LogP contribution in [0.15, 0.2) is 48.5 Å². The summed E-state index contributed by atoms with van der Waals surface area (Å²) >= 11 is 0. The van der Waals surface area contributed by atoms with Crippen molar-refractivity contribution in [1.82, 2.24) is 0 Å². The van der Waals surface area contributed by atoms with Crippen LogP contribution in [0.3, 0.4) is 0 Å². The van der Waals surface area contributed by atoms with Crippen LogP contribution in [0.5, 0.6) is 0 Å². The molecule has 2 nitrogen and oxygen atoms in total. The van der Waals surface area contributed by atoms with E-state index in [1.165, 1.54) is 18.2 Å². The maximum atomic E-state index is 12.8. The lowest BCUT2D eigenvalue weighted by Crippen LogP contribution is -2.11. The van der Waals surface area contributed by atoms with Crippen LogP contribution in [0.25, 0.3) is 6.08 Å². The van der Waals surface area contributed by atoms with Gasteiger partial charge in [0.2, 0.25) is 5.91 Å². The van der Waals surface area contributed by atoms with Crippen LogP contribution >= 0.6 is 0 Å². The molecule has 22 heavy (non-hydrogen) atoms. The zero-order chi connectivity index (χ0) is 16.1. The molecule has 0 bridgehead atoms. The standard InChI is InChI=1S/C19H20FNO/c1-13(2)17-6-4-5-14(3)19(17)21-18(22)12-9-15-7-10-16(20)11-8-15/h4-13H,1-3H3,(H,21,22). The van der Waals surface area contributed by atoms with E-state index in [2.05, 4.69) is 19.2 Å². The number of benzene rings is 2. The smallest absolute Gasteiger partial charge is 0.248 e. The van der Waals surface area contributed by atoms with Crippen molar-refractivity contribution in [3.63, 3.8) is 0 Å². The number of anilines is 1. The molecule has 0 aliphatic rings. The minimum Gasteiger partial charge on any atom is -0.322 e. The van der Waals surface area contributed by atoms with Gasteiger partial charge in [0.05, 0.1) is 0 Å². The third-order valence-electron chi connectivity index (χ3n) is 3.47. The summed E-state index contributed by atoms with van der Waals surface area (Å²) in [5.74, 6) is -0.153. The van der Waals surface area contributed by atoms with Crippen molar-refractivity contribution in [1.29, 1.82) is 0 Å². The average Bonchev–Trinajstić information content (AvgIpc) is 2.48. The minimum atomic E-state index is -0.289. The number of aryl methyl sites for hydroxylation is 1. The van der Waals surface area contributed by atoms with Gasteiger partial charge in [-0.15, -0.1) is 0 Å². The van der Waals surface area contributed by atoms with Crippen LogP contribution in [-0.2, 0) is 4.79 Å². The number of hydrogen-bond donors (Lipinski definition) is 1. The highest BCUT2D eigenvalue weighted by Gasteiger charge is 2.10. The Hall–Kier alpha value is -2.42. The number of carbonyl (C=O) groups is 1. The largest absolute Gasteiger partial charge is 0.322 e. The molecule has 0 aliphatic carbocycles. The van der Waals surface area contributed by atoms with E-state index in [-0.39, 0.29) is 11.7 Å². The summed E-state index contributed by atoms with van der Waals surface area (Å²) in [6.45, 7) is 6.17. The Morgan fingerprint density at radius 2 is 1.82 bits per heavy atom. The van der Waals surface area contributed by atoms with Gasteiger partial charge in [-0.05, 0) is 47.7 Å². The van der Waals surface area contributed by atoms with E-state index in [0.29, 0.717) is 5.92 Å². The fourth-order valence-electron chi connectivity index (χ4n) is 2.25. The summed E-state index contributed by atoms with van der Waals surface area (Å²) in [6.07, 6.45) is 3.13.